The second kappa shape index (κ2) is 6.88. The Balaban J connectivity index is 2.22. The van der Waals surface area contributed by atoms with Crippen molar-refractivity contribution in [2.75, 3.05) is 26.3 Å². The Hall–Kier alpha value is -0.120. The lowest BCUT2D eigenvalue weighted by Crippen LogP contribution is -2.43. The lowest BCUT2D eigenvalue weighted by Gasteiger charge is -2.31. The van der Waals surface area contributed by atoms with Gasteiger partial charge in [-0.3, -0.25) is 0 Å². The molecule has 0 spiro atoms. The molecule has 1 rings (SSSR count). The minimum atomic E-state index is 0.213. The first-order valence-electron chi connectivity index (χ1n) is 7.40. The van der Waals surface area contributed by atoms with Gasteiger partial charge in [-0.25, -0.2) is 0 Å². The third kappa shape index (κ3) is 5.25. The van der Waals surface area contributed by atoms with Gasteiger partial charge in [-0.15, -0.1) is 0 Å². The molecule has 2 atom stereocenters. The minimum Gasteiger partial charge on any atom is -0.379 e. The summed E-state index contributed by atoms with van der Waals surface area (Å²) in [5.41, 5.74) is 6.31. The van der Waals surface area contributed by atoms with Crippen LogP contribution in [0.4, 0.5) is 0 Å². The fourth-order valence-electron chi connectivity index (χ4n) is 2.76. The van der Waals surface area contributed by atoms with Gasteiger partial charge >= 0.3 is 0 Å². The molecule has 0 radical (unpaired) electrons. The van der Waals surface area contributed by atoms with Gasteiger partial charge in [0.1, 0.15) is 0 Å². The molecule has 1 fully saturated rings. The molecule has 1 aliphatic heterocycles. The molecule has 1 saturated heterocycles. The van der Waals surface area contributed by atoms with E-state index in [1.54, 1.807) is 0 Å². The Bertz CT molecular complexity index is 229. The molecule has 0 aromatic carbocycles. The van der Waals surface area contributed by atoms with E-state index in [2.05, 4.69) is 33.0 Å². The summed E-state index contributed by atoms with van der Waals surface area (Å²) in [5, 5.41) is 3.65. The fraction of sp³-hybridized carbons (Fsp3) is 1.00. The highest BCUT2D eigenvalue weighted by Gasteiger charge is 2.29. The summed E-state index contributed by atoms with van der Waals surface area (Å²) in [6, 6.07) is 0. The Kier molecular flexibility index (Phi) is 6.09. The molecular weight excluding hydrogens is 224 g/mol. The molecule has 1 aliphatic rings. The van der Waals surface area contributed by atoms with Crippen LogP contribution in [-0.4, -0.2) is 31.8 Å². The zero-order valence-electron chi connectivity index (χ0n) is 12.7. The van der Waals surface area contributed by atoms with Crippen LogP contribution >= 0.6 is 0 Å². The van der Waals surface area contributed by atoms with Gasteiger partial charge < -0.3 is 15.8 Å². The van der Waals surface area contributed by atoms with E-state index in [0.29, 0.717) is 5.41 Å². The Morgan fingerprint density at radius 1 is 1.33 bits per heavy atom. The maximum atomic E-state index is 5.72. The summed E-state index contributed by atoms with van der Waals surface area (Å²) in [6.07, 6.45) is 4.78. The predicted octanol–water partition coefficient (Wildman–Crippen LogP) is 2.55. The smallest absolute Gasteiger partial charge is 0.0646 e. The third-order valence-electron chi connectivity index (χ3n) is 4.24. The van der Waals surface area contributed by atoms with Crippen LogP contribution in [0, 0.1) is 11.3 Å². The van der Waals surface area contributed by atoms with E-state index in [-0.39, 0.29) is 5.54 Å². The Morgan fingerprint density at radius 3 is 2.56 bits per heavy atom. The summed E-state index contributed by atoms with van der Waals surface area (Å²) in [4.78, 5) is 0. The van der Waals surface area contributed by atoms with Crippen LogP contribution in [0.5, 0.6) is 0 Å². The molecule has 108 valence electrons. The van der Waals surface area contributed by atoms with E-state index in [4.69, 9.17) is 10.5 Å². The quantitative estimate of drug-likeness (QED) is 0.688. The molecule has 0 bridgehead atoms. The fourth-order valence-corrected chi connectivity index (χ4v) is 2.76. The molecule has 0 saturated carbocycles. The largest absolute Gasteiger partial charge is 0.379 e. The maximum absolute atomic E-state index is 5.72. The number of nitrogens with two attached hydrogens (primary N) is 1. The number of hydrogen-bond donors (Lipinski definition) is 2. The zero-order valence-corrected chi connectivity index (χ0v) is 12.7. The monoisotopic (exact) mass is 256 g/mol. The van der Waals surface area contributed by atoms with Crippen molar-refractivity contribution in [3.63, 3.8) is 0 Å². The summed E-state index contributed by atoms with van der Waals surface area (Å²) in [6.45, 7) is 12.9. The van der Waals surface area contributed by atoms with Gasteiger partial charge in [0.2, 0.25) is 0 Å². The molecule has 3 N–H and O–H groups in total. The molecular formula is C15H32N2O. The topological polar surface area (TPSA) is 47.3 Å². The average molecular weight is 256 g/mol. The van der Waals surface area contributed by atoms with Crippen molar-refractivity contribution in [3.8, 4) is 0 Å². The van der Waals surface area contributed by atoms with E-state index in [1.807, 2.05) is 0 Å². The maximum Gasteiger partial charge on any atom is 0.0646 e. The first-order valence-corrected chi connectivity index (χ1v) is 7.40. The molecule has 3 nitrogen and oxygen atoms in total. The third-order valence-corrected chi connectivity index (χ3v) is 4.24. The highest BCUT2D eigenvalue weighted by Crippen LogP contribution is 2.32. The van der Waals surface area contributed by atoms with E-state index in [0.717, 1.165) is 45.1 Å². The van der Waals surface area contributed by atoms with Crippen LogP contribution < -0.4 is 11.1 Å². The number of nitrogens with one attached hydrogen (secondary N) is 1. The summed E-state index contributed by atoms with van der Waals surface area (Å²) in [7, 11) is 0. The van der Waals surface area contributed by atoms with Gasteiger partial charge in [-0.2, -0.15) is 0 Å². The normalized spacial score (nSPS) is 26.5. The van der Waals surface area contributed by atoms with Crippen molar-refractivity contribution >= 4 is 0 Å². The lowest BCUT2D eigenvalue weighted by atomic mass is 9.76. The highest BCUT2D eigenvalue weighted by atomic mass is 16.5. The van der Waals surface area contributed by atoms with Crippen LogP contribution in [0.2, 0.25) is 0 Å². The lowest BCUT2D eigenvalue weighted by molar-refractivity contribution is 0.169. The highest BCUT2D eigenvalue weighted by molar-refractivity contribution is 4.86. The van der Waals surface area contributed by atoms with Crippen molar-refractivity contribution < 1.29 is 4.74 Å². The van der Waals surface area contributed by atoms with Gasteiger partial charge in [0.25, 0.3) is 0 Å². The second-order valence-corrected chi connectivity index (χ2v) is 7.07. The van der Waals surface area contributed by atoms with E-state index >= 15 is 0 Å². The number of rotatable bonds is 7. The SMILES string of the molecule is CC1(NCCCC(CCN)C(C)(C)C)CCOC1. The summed E-state index contributed by atoms with van der Waals surface area (Å²) >= 11 is 0. The van der Waals surface area contributed by atoms with Crippen LogP contribution in [0.3, 0.4) is 0 Å². The van der Waals surface area contributed by atoms with Crippen molar-refractivity contribution in [1.82, 2.24) is 5.32 Å². The van der Waals surface area contributed by atoms with Crippen molar-refractivity contribution in [1.29, 1.82) is 0 Å². The standard InChI is InChI=1S/C15H32N2O/c1-14(2,3)13(7-9-16)6-5-10-17-15(4)8-11-18-12-15/h13,17H,5-12,16H2,1-4H3. The van der Waals surface area contributed by atoms with Crippen LogP contribution in [-0.2, 0) is 4.74 Å². The minimum absolute atomic E-state index is 0.213. The molecule has 0 amide bonds. The Morgan fingerprint density at radius 2 is 2.06 bits per heavy atom. The molecule has 0 aromatic heterocycles. The van der Waals surface area contributed by atoms with Crippen LogP contribution in [0.15, 0.2) is 0 Å². The first kappa shape index (κ1) is 15.9. The van der Waals surface area contributed by atoms with Gasteiger partial charge in [-0.1, -0.05) is 20.8 Å². The molecule has 0 aliphatic carbocycles. The van der Waals surface area contributed by atoms with Crippen LogP contribution in [0.25, 0.3) is 0 Å². The zero-order chi connectivity index (χ0) is 13.6. The van der Waals surface area contributed by atoms with Crippen LogP contribution in [0.1, 0.15) is 53.4 Å². The van der Waals surface area contributed by atoms with Crippen molar-refractivity contribution in [3.05, 3.63) is 0 Å². The Labute approximate surface area is 113 Å². The molecule has 0 aromatic rings. The average Bonchev–Trinajstić information content (AvgIpc) is 2.69. The van der Waals surface area contributed by atoms with Gasteiger partial charge in [0, 0.05) is 12.1 Å². The van der Waals surface area contributed by atoms with Gasteiger partial charge in [0.05, 0.1) is 6.61 Å². The summed E-state index contributed by atoms with van der Waals surface area (Å²) in [5.74, 6) is 0.733. The predicted molar refractivity (Wildman–Crippen MR) is 77.7 cm³/mol. The number of hydrogen-bond acceptors (Lipinski definition) is 3. The first-order chi connectivity index (χ1) is 8.37. The molecule has 1 heterocycles. The number of ether oxygens (including phenoxy) is 1. The van der Waals surface area contributed by atoms with Crippen molar-refractivity contribution in [2.24, 2.45) is 17.1 Å². The molecule has 3 heteroatoms. The summed E-state index contributed by atoms with van der Waals surface area (Å²) < 4.78 is 5.45. The van der Waals surface area contributed by atoms with Gasteiger partial charge in [-0.05, 0) is 57.0 Å². The van der Waals surface area contributed by atoms with E-state index < -0.39 is 0 Å². The van der Waals surface area contributed by atoms with Crippen molar-refractivity contribution in [2.45, 2.75) is 58.9 Å². The molecule has 18 heavy (non-hydrogen) atoms. The van der Waals surface area contributed by atoms with E-state index in [9.17, 15) is 0 Å². The van der Waals surface area contributed by atoms with E-state index in [1.165, 1.54) is 12.8 Å². The molecule has 2 unspecified atom stereocenters. The van der Waals surface area contributed by atoms with Gasteiger partial charge in [0.15, 0.2) is 0 Å². The second-order valence-electron chi connectivity index (χ2n) is 7.07.